The monoisotopic (exact) mass is 712 g/mol. The molecular weight excluding hydrogens is 677 g/mol. The Bertz CT molecular complexity index is 1750. The number of carbonyl (C=O) groups excluding carboxylic acids is 2. The number of amides is 1. The number of aromatic nitrogens is 2. The normalized spacial score (nSPS) is 16.2. The van der Waals surface area contributed by atoms with E-state index in [2.05, 4.69) is 10.4 Å². The lowest BCUT2D eigenvalue weighted by molar-refractivity contribution is -0.716. The van der Waals surface area contributed by atoms with Crippen molar-refractivity contribution >= 4 is 22.3 Å². The van der Waals surface area contributed by atoms with E-state index in [0.717, 1.165) is 28.4 Å². The highest BCUT2D eigenvalue weighted by Crippen LogP contribution is 2.33. The number of carbonyl (C=O) groups is 2. The molecule has 1 amide bonds. The molecule has 2 atom stereocenters. The minimum Gasteiger partial charge on any atom is -0.569 e. The lowest BCUT2D eigenvalue weighted by Crippen LogP contribution is -2.42. The highest BCUT2D eigenvalue weighted by atomic mass is 32.2. The number of nitrogens with zero attached hydrogens (tertiary/aromatic N) is 5. The second-order valence-corrected chi connectivity index (χ2v) is 13.0. The molecule has 0 radical (unpaired) electrons. The largest absolute Gasteiger partial charge is 0.569 e. The number of halogens is 3. The minimum atomic E-state index is -4.72. The molecule has 2 unspecified atom stereocenters. The van der Waals surface area contributed by atoms with Crippen LogP contribution < -0.4 is 4.72 Å². The number of aryl methyl sites for hydroxylation is 1. The second-order valence-electron chi connectivity index (χ2n) is 11.4. The molecule has 0 aliphatic carbocycles. The number of alkyl halides is 3. The van der Waals surface area contributed by atoms with Crippen molar-refractivity contribution in [1.82, 2.24) is 19.5 Å². The van der Waals surface area contributed by atoms with Gasteiger partial charge in [0.05, 0.1) is 47.0 Å². The number of hydrogen-bond acceptors (Lipinski definition) is 11. The van der Waals surface area contributed by atoms with Gasteiger partial charge in [-0.1, -0.05) is 29.8 Å². The van der Waals surface area contributed by atoms with E-state index in [4.69, 9.17) is 19.0 Å². The van der Waals surface area contributed by atoms with Gasteiger partial charge in [-0.05, 0) is 63.9 Å². The van der Waals surface area contributed by atoms with Crippen LogP contribution in [0.1, 0.15) is 44.9 Å². The fourth-order valence-corrected chi connectivity index (χ4v) is 5.57. The Hall–Kier alpha value is -5.07. The maximum atomic E-state index is 13.5. The summed E-state index contributed by atoms with van der Waals surface area (Å²) in [4.78, 5) is 28.6. The molecule has 0 bridgehead atoms. The number of benzene rings is 2. The lowest BCUT2D eigenvalue weighted by atomic mass is 10.0. The van der Waals surface area contributed by atoms with Gasteiger partial charge in [-0.3, -0.25) is 4.84 Å². The van der Waals surface area contributed by atoms with Crippen LogP contribution in [0.5, 0.6) is 0 Å². The molecular formula is C30H35F3N6O9S. The number of rotatable bonds is 11. The van der Waals surface area contributed by atoms with Crippen LogP contribution >= 0.6 is 0 Å². The fourth-order valence-electron chi connectivity index (χ4n) is 4.67. The van der Waals surface area contributed by atoms with Gasteiger partial charge in [-0.25, -0.2) is 27.4 Å². The topological polar surface area (TPSA) is 177 Å². The van der Waals surface area contributed by atoms with Crippen molar-refractivity contribution in [2.24, 2.45) is 11.2 Å². The molecule has 2 aromatic carbocycles. The Kier molecular flexibility index (Phi) is 11.6. The molecule has 3 aromatic rings. The van der Waals surface area contributed by atoms with E-state index in [1.165, 1.54) is 24.1 Å². The molecule has 1 aliphatic heterocycles. The fraction of sp³-hybridized carbons (Fsp3) is 0.433. The molecule has 266 valence electrons. The summed E-state index contributed by atoms with van der Waals surface area (Å²) in [6.07, 6.45) is -7.52. The third-order valence-corrected chi connectivity index (χ3v) is 8.33. The first-order valence-corrected chi connectivity index (χ1v) is 16.5. The zero-order valence-corrected chi connectivity index (χ0v) is 27.7. The summed E-state index contributed by atoms with van der Waals surface area (Å²) in [5.74, 6) is -0.360. The number of hydrogen-bond donors (Lipinski definition) is 1. The molecule has 2 heterocycles. The van der Waals surface area contributed by atoms with Gasteiger partial charge in [0.2, 0.25) is 5.28 Å². The number of piperidine rings is 1. The Morgan fingerprint density at radius 1 is 1.10 bits per heavy atom. The van der Waals surface area contributed by atoms with Crippen molar-refractivity contribution in [3.63, 3.8) is 0 Å². The predicted molar refractivity (Wildman–Crippen MR) is 164 cm³/mol. The van der Waals surface area contributed by atoms with Crippen molar-refractivity contribution < 1.29 is 55.2 Å². The average molecular weight is 713 g/mol. The molecule has 1 saturated heterocycles. The summed E-state index contributed by atoms with van der Waals surface area (Å²) in [7, 11) is -4.43. The molecule has 19 heteroatoms. The van der Waals surface area contributed by atoms with Crippen LogP contribution in [-0.2, 0) is 35.2 Å². The first-order chi connectivity index (χ1) is 23.0. The van der Waals surface area contributed by atoms with Crippen LogP contribution in [0.25, 0.3) is 16.9 Å². The molecule has 1 fully saturated rings. The summed E-state index contributed by atoms with van der Waals surface area (Å²) in [5, 5.41) is 20.7. The molecule has 1 N–H and O–H groups in total. The van der Waals surface area contributed by atoms with Crippen LogP contribution in [0.15, 0.2) is 64.8 Å². The second kappa shape index (κ2) is 15.4. The maximum absolute atomic E-state index is 13.5. The molecule has 49 heavy (non-hydrogen) atoms. The number of hydrazine groups is 1. The van der Waals surface area contributed by atoms with Gasteiger partial charge in [0, 0.05) is 18.4 Å². The number of nitrogens with one attached hydrogen (secondary N) is 1. The Morgan fingerprint density at radius 2 is 1.78 bits per heavy atom. The van der Waals surface area contributed by atoms with Crippen LogP contribution in [0.2, 0.25) is 0 Å². The van der Waals surface area contributed by atoms with E-state index >= 15 is 0 Å². The molecule has 1 aromatic heterocycles. The third kappa shape index (κ3) is 10.2. The van der Waals surface area contributed by atoms with Gasteiger partial charge in [0.25, 0.3) is 16.3 Å². The summed E-state index contributed by atoms with van der Waals surface area (Å²) in [5.41, 5.74) is 0.532. The van der Waals surface area contributed by atoms with E-state index in [1.54, 1.807) is 42.8 Å². The van der Waals surface area contributed by atoms with Crippen LogP contribution in [0, 0.1) is 18.0 Å². The van der Waals surface area contributed by atoms with E-state index < -0.39 is 46.5 Å². The predicted octanol–water partition coefficient (Wildman–Crippen LogP) is 5.71. The average Bonchev–Trinajstić information content (AvgIpc) is 3.49. The Balaban J connectivity index is 1.34. The number of ether oxygens (including phenoxy) is 3. The zero-order chi connectivity index (χ0) is 35.9. The molecule has 1 aliphatic rings. The van der Waals surface area contributed by atoms with E-state index in [0.29, 0.717) is 24.9 Å². The van der Waals surface area contributed by atoms with Gasteiger partial charge in [-0.15, -0.1) is 5.01 Å². The lowest BCUT2D eigenvalue weighted by Gasteiger charge is -2.28. The van der Waals surface area contributed by atoms with Crippen LogP contribution in [0.4, 0.5) is 22.8 Å². The Morgan fingerprint density at radius 3 is 2.41 bits per heavy atom. The smallest absolute Gasteiger partial charge is 0.511 e. The van der Waals surface area contributed by atoms with Crippen molar-refractivity contribution in [2.75, 3.05) is 19.7 Å². The number of sulfonamides is 1. The molecule has 15 nitrogen and oxygen atoms in total. The third-order valence-electron chi connectivity index (χ3n) is 7.01. The highest BCUT2D eigenvalue weighted by molar-refractivity contribution is 7.90. The van der Waals surface area contributed by atoms with E-state index in [1.807, 2.05) is 6.92 Å². The molecule has 4 rings (SSSR count). The van der Waals surface area contributed by atoms with E-state index in [9.17, 15) is 36.4 Å². The van der Waals surface area contributed by atoms with Gasteiger partial charge < -0.3 is 19.4 Å². The van der Waals surface area contributed by atoms with E-state index in [-0.39, 0.29) is 40.3 Å². The SMILES string of the molecule is Cc1ccc(-c2cc(C(F)(F)F)nn2-c2ccc(S(=O)(=O)NC(=O)OCC3CCCN(/[N+]([O-])=N/OC(C)OC(=O)OC(C)C)C3)cc2)cc1. The minimum absolute atomic E-state index is 0.0938. The maximum Gasteiger partial charge on any atom is 0.511 e. The Labute approximate surface area is 279 Å². The van der Waals surface area contributed by atoms with Gasteiger partial charge in [-0.2, -0.15) is 18.3 Å². The standard InChI is InChI=1S/C30H35F3N6O9S/c1-19(2)46-29(41)47-21(4)48-36-39(42)37-15-5-6-22(17-37)18-45-28(40)35-49(43,44)25-13-11-24(12-14-25)38-26(16-27(34-38)30(31,32)33)23-9-7-20(3)8-10-23/h7-14,16,19,21-22H,5-6,15,17-18H2,1-4H3,(H,35,40)/b39-36-. The quantitative estimate of drug-likeness (QED) is 0.0847. The summed E-state index contributed by atoms with van der Waals surface area (Å²) < 4.78 is 83.9. The summed E-state index contributed by atoms with van der Waals surface area (Å²) in [6, 6.07) is 12.4. The van der Waals surface area contributed by atoms with Crippen molar-refractivity contribution in [3.8, 4) is 16.9 Å². The highest BCUT2D eigenvalue weighted by Gasteiger charge is 2.35. The first-order valence-electron chi connectivity index (χ1n) is 15.0. The molecule has 0 saturated carbocycles. The van der Waals surface area contributed by atoms with Gasteiger partial charge in [0.1, 0.15) is 0 Å². The molecule has 0 spiro atoms. The van der Waals surface area contributed by atoms with Crippen molar-refractivity contribution in [1.29, 1.82) is 0 Å². The van der Waals surface area contributed by atoms with Crippen molar-refractivity contribution in [3.05, 3.63) is 71.1 Å². The van der Waals surface area contributed by atoms with Crippen LogP contribution in [-0.4, -0.2) is 72.5 Å². The van der Waals surface area contributed by atoms with Crippen molar-refractivity contribution in [2.45, 2.75) is 64.0 Å². The first kappa shape index (κ1) is 36.8. The summed E-state index contributed by atoms with van der Waals surface area (Å²) in [6.45, 7) is 6.59. The zero-order valence-electron chi connectivity index (χ0n) is 26.9. The summed E-state index contributed by atoms with van der Waals surface area (Å²) >= 11 is 0. The van der Waals surface area contributed by atoms with Gasteiger partial charge >= 0.3 is 18.4 Å². The van der Waals surface area contributed by atoms with Crippen LogP contribution in [0.3, 0.4) is 0 Å². The van der Waals surface area contributed by atoms with Gasteiger partial charge in [0.15, 0.2) is 5.69 Å².